The average Bonchev–Trinajstić information content (AvgIpc) is 3.23. The predicted molar refractivity (Wildman–Crippen MR) is 104 cm³/mol. The van der Waals surface area contributed by atoms with Gasteiger partial charge in [0.1, 0.15) is 0 Å². The van der Waals surface area contributed by atoms with Crippen LogP contribution in [0.25, 0.3) is 5.82 Å². The minimum Gasteiger partial charge on any atom is -0.352 e. The molecular weight excluding hydrogens is 394 g/mol. The SMILES string of the molecule is O=C(c1ccccc1Br)N1CCN(c2ccc(-n3cccc3)nn2)CC1. The van der Waals surface area contributed by atoms with E-state index in [-0.39, 0.29) is 5.91 Å². The van der Waals surface area contributed by atoms with Gasteiger partial charge in [0.2, 0.25) is 0 Å². The molecule has 0 saturated carbocycles. The second-order valence-corrected chi connectivity index (χ2v) is 6.95. The molecule has 1 amide bonds. The summed E-state index contributed by atoms with van der Waals surface area (Å²) in [6.45, 7) is 2.82. The quantitative estimate of drug-likeness (QED) is 0.664. The van der Waals surface area contributed by atoms with Crippen molar-refractivity contribution in [3.63, 3.8) is 0 Å². The molecule has 4 rings (SSSR count). The summed E-state index contributed by atoms with van der Waals surface area (Å²) in [7, 11) is 0. The Labute approximate surface area is 160 Å². The van der Waals surface area contributed by atoms with Gasteiger partial charge in [-0.25, -0.2) is 0 Å². The van der Waals surface area contributed by atoms with Gasteiger partial charge in [-0.3, -0.25) is 4.79 Å². The minimum absolute atomic E-state index is 0.0613. The Balaban J connectivity index is 1.40. The van der Waals surface area contributed by atoms with Crippen LogP contribution in [0.15, 0.2) is 65.4 Å². The molecule has 2 aromatic heterocycles. The third-order valence-corrected chi connectivity index (χ3v) is 5.19. The van der Waals surface area contributed by atoms with Crippen molar-refractivity contribution in [2.45, 2.75) is 0 Å². The minimum atomic E-state index is 0.0613. The van der Waals surface area contributed by atoms with E-state index in [0.29, 0.717) is 18.7 Å². The van der Waals surface area contributed by atoms with E-state index in [2.05, 4.69) is 31.0 Å². The van der Waals surface area contributed by atoms with Gasteiger partial charge in [-0.05, 0) is 52.3 Å². The molecule has 0 unspecified atom stereocenters. The molecule has 0 spiro atoms. The summed E-state index contributed by atoms with van der Waals surface area (Å²) in [4.78, 5) is 16.7. The molecule has 26 heavy (non-hydrogen) atoms. The average molecular weight is 412 g/mol. The van der Waals surface area contributed by atoms with E-state index in [1.54, 1.807) is 0 Å². The topological polar surface area (TPSA) is 54.3 Å². The van der Waals surface area contributed by atoms with Gasteiger partial charge in [0.15, 0.2) is 11.6 Å². The van der Waals surface area contributed by atoms with E-state index < -0.39 is 0 Å². The van der Waals surface area contributed by atoms with Crippen molar-refractivity contribution in [2.75, 3.05) is 31.1 Å². The zero-order chi connectivity index (χ0) is 17.9. The number of carbonyl (C=O) groups excluding carboxylic acids is 1. The highest BCUT2D eigenvalue weighted by Gasteiger charge is 2.24. The fraction of sp³-hybridized carbons (Fsp3) is 0.211. The fourth-order valence-electron chi connectivity index (χ4n) is 3.06. The highest BCUT2D eigenvalue weighted by molar-refractivity contribution is 9.10. The molecule has 1 aromatic carbocycles. The third-order valence-electron chi connectivity index (χ3n) is 4.50. The van der Waals surface area contributed by atoms with E-state index in [0.717, 1.165) is 29.2 Å². The van der Waals surface area contributed by atoms with Gasteiger partial charge >= 0.3 is 0 Å². The van der Waals surface area contributed by atoms with Crippen LogP contribution in [0, 0.1) is 0 Å². The maximum absolute atomic E-state index is 12.7. The number of carbonyl (C=O) groups is 1. The summed E-state index contributed by atoms with van der Waals surface area (Å²) >= 11 is 3.46. The van der Waals surface area contributed by atoms with Gasteiger partial charge < -0.3 is 14.4 Å². The lowest BCUT2D eigenvalue weighted by Crippen LogP contribution is -2.49. The Kier molecular flexibility index (Phi) is 4.71. The molecule has 1 fully saturated rings. The molecule has 1 aliphatic rings. The van der Waals surface area contributed by atoms with Crippen molar-refractivity contribution >= 4 is 27.7 Å². The number of hydrogen-bond acceptors (Lipinski definition) is 4. The summed E-state index contributed by atoms with van der Waals surface area (Å²) in [5, 5.41) is 8.64. The van der Waals surface area contributed by atoms with Crippen LogP contribution < -0.4 is 4.90 Å². The van der Waals surface area contributed by atoms with Gasteiger partial charge in [0.05, 0.1) is 5.56 Å². The van der Waals surface area contributed by atoms with Crippen LogP contribution in [-0.4, -0.2) is 51.8 Å². The van der Waals surface area contributed by atoms with E-state index in [1.165, 1.54) is 0 Å². The molecule has 1 aliphatic heterocycles. The summed E-state index contributed by atoms with van der Waals surface area (Å²) in [5.74, 6) is 1.70. The van der Waals surface area contributed by atoms with Crippen molar-refractivity contribution in [1.29, 1.82) is 0 Å². The number of hydrogen-bond donors (Lipinski definition) is 0. The van der Waals surface area contributed by atoms with Gasteiger partial charge in [-0.2, -0.15) is 0 Å². The van der Waals surface area contributed by atoms with Gasteiger partial charge in [0, 0.05) is 43.0 Å². The Bertz CT molecular complexity index is 887. The molecule has 0 aliphatic carbocycles. The number of piperazine rings is 1. The lowest BCUT2D eigenvalue weighted by Gasteiger charge is -2.35. The fourth-order valence-corrected chi connectivity index (χ4v) is 3.51. The maximum atomic E-state index is 12.7. The van der Waals surface area contributed by atoms with Gasteiger partial charge in [-0.15, -0.1) is 10.2 Å². The zero-order valence-electron chi connectivity index (χ0n) is 14.1. The molecule has 0 bridgehead atoms. The number of anilines is 1. The second kappa shape index (κ2) is 7.29. The van der Waals surface area contributed by atoms with Crippen molar-refractivity contribution in [1.82, 2.24) is 19.7 Å². The number of aromatic nitrogens is 3. The molecule has 3 aromatic rings. The number of halogens is 1. The molecule has 0 N–H and O–H groups in total. The first-order valence-corrected chi connectivity index (χ1v) is 9.27. The highest BCUT2D eigenvalue weighted by Crippen LogP contribution is 2.20. The molecule has 132 valence electrons. The number of benzene rings is 1. The predicted octanol–water partition coefficient (Wildman–Crippen LogP) is 2.99. The van der Waals surface area contributed by atoms with Gasteiger partial charge in [0.25, 0.3) is 5.91 Å². The van der Waals surface area contributed by atoms with Crippen molar-refractivity contribution in [3.05, 3.63) is 71.0 Å². The maximum Gasteiger partial charge on any atom is 0.255 e. The smallest absolute Gasteiger partial charge is 0.255 e. The van der Waals surface area contributed by atoms with Crippen LogP contribution in [0.1, 0.15) is 10.4 Å². The standard InChI is InChI=1S/C19H18BrN5O/c20-16-6-2-1-5-15(16)19(26)25-13-11-24(12-14-25)18-8-7-17(21-22-18)23-9-3-4-10-23/h1-10H,11-14H2. The zero-order valence-corrected chi connectivity index (χ0v) is 15.7. The molecule has 0 atom stereocenters. The number of amides is 1. The highest BCUT2D eigenvalue weighted by atomic mass is 79.9. The molecule has 3 heterocycles. The summed E-state index contributed by atoms with van der Waals surface area (Å²) in [6.07, 6.45) is 3.88. The van der Waals surface area contributed by atoms with Gasteiger partial charge in [-0.1, -0.05) is 12.1 Å². The van der Waals surface area contributed by atoms with Crippen LogP contribution in [0.3, 0.4) is 0 Å². The van der Waals surface area contributed by atoms with E-state index in [1.807, 2.05) is 70.4 Å². The summed E-state index contributed by atoms with van der Waals surface area (Å²) in [6, 6.07) is 15.4. The summed E-state index contributed by atoms with van der Waals surface area (Å²) in [5.41, 5.74) is 0.705. The molecule has 7 heteroatoms. The lowest BCUT2D eigenvalue weighted by molar-refractivity contribution is 0.0745. The largest absolute Gasteiger partial charge is 0.352 e. The van der Waals surface area contributed by atoms with E-state index in [4.69, 9.17) is 0 Å². The first-order chi connectivity index (χ1) is 12.7. The molecular formula is C19H18BrN5O. The van der Waals surface area contributed by atoms with E-state index >= 15 is 0 Å². The van der Waals surface area contributed by atoms with E-state index in [9.17, 15) is 4.79 Å². The van der Waals surface area contributed by atoms with Crippen LogP contribution in [-0.2, 0) is 0 Å². The van der Waals surface area contributed by atoms with Crippen LogP contribution >= 0.6 is 15.9 Å². The Morgan fingerprint density at radius 1 is 0.846 bits per heavy atom. The lowest BCUT2D eigenvalue weighted by atomic mass is 10.2. The molecule has 6 nitrogen and oxygen atoms in total. The third kappa shape index (κ3) is 3.35. The Morgan fingerprint density at radius 2 is 1.50 bits per heavy atom. The first-order valence-electron chi connectivity index (χ1n) is 8.48. The molecule has 1 saturated heterocycles. The molecule has 0 radical (unpaired) electrons. The van der Waals surface area contributed by atoms with Crippen LogP contribution in [0.5, 0.6) is 0 Å². The van der Waals surface area contributed by atoms with Crippen LogP contribution in [0.4, 0.5) is 5.82 Å². The number of nitrogens with zero attached hydrogens (tertiary/aromatic N) is 5. The van der Waals surface area contributed by atoms with Crippen LogP contribution in [0.2, 0.25) is 0 Å². The van der Waals surface area contributed by atoms with Crippen molar-refractivity contribution < 1.29 is 4.79 Å². The monoisotopic (exact) mass is 411 g/mol. The Hall–Kier alpha value is -2.67. The normalized spacial score (nSPS) is 14.5. The first kappa shape index (κ1) is 16.8. The second-order valence-electron chi connectivity index (χ2n) is 6.10. The van der Waals surface area contributed by atoms with Crippen molar-refractivity contribution in [2.24, 2.45) is 0 Å². The Morgan fingerprint density at radius 3 is 2.15 bits per heavy atom. The number of rotatable bonds is 3. The van der Waals surface area contributed by atoms with Crippen molar-refractivity contribution in [3.8, 4) is 5.82 Å². The summed E-state index contributed by atoms with van der Waals surface area (Å²) < 4.78 is 2.75.